The topological polar surface area (TPSA) is 34.9 Å². The lowest BCUT2D eigenvalue weighted by atomic mass is 9.98. The van der Waals surface area contributed by atoms with E-state index in [0.29, 0.717) is 17.1 Å². The van der Waals surface area contributed by atoms with E-state index in [0.717, 1.165) is 22.3 Å². The second-order valence-corrected chi connectivity index (χ2v) is 6.58. The number of benzene rings is 2. The van der Waals surface area contributed by atoms with Crippen molar-refractivity contribution in [3.63, 3.8) is 0 Å². The monoisotopic (exact) mass is 358 g/mol. The van der Waals surface area contributed by atoms with Gasteiger partial charge in [-0.2, -0.15) is 5.10 Å². The predicted octanol–water partition coefficient (Wildman–Crippen LogP) is 4.88. The van der Waals surface area contributed by atoms with Gasteiger partial charge in [0.15, 0.2) is 0 Å². The molecule has 0 aliphatic carbocycles. The molecule has 5 heteroatoms. The lowest BCUT2D eigenvalue weighted by molar-refractivity contribution is 0.636. The molecule has 0 spiro atoms. The average Bonchev–Trinajstić information content (AvgIpc) is 2.57. The summed E-state index contributed by atoms with van der Waals surface area (Å²) in [6.45, 7) is 4.18. The van der Waals surface area contributed by atoms with Crippen LogP contribution in [-0.2, 0) is 6.54 Å². The number of hydrogen-bond acceptors (Lipinski definition) is 2. The Morgan fingerprint density at radius 1 is 1.04 bits per heavy atom. The molecule has 0 N–H and O–H groups in total. The minimum absolute atomic E-state index is 0.215. The van der Waals surface area contributed by atoms with E-state index in [-0.39, 0.29) is 10.6 Å². The van der Waals surface area contributed by atoms with E-state index < -0.39 is 0 Å². The molecule has 24 heavy (non-hydrogen) atoms. The first-order valence-electron chi connectivity index (χ1n) is 7.53. The standard InChI is InChI=1S/C19H16Cl2N2O/c1-12-6-7-14(8-17(12)15-4-3-5-16(20)9-15)11-23-19(24)18(21)13(2)10-22-23/h3-10H,11H2,1-2H3. The molecule has 1 heterocycles. The van der Waals surface area contributed by atoms with E-state index >= 15 is 0 Å². The fourth-order valence-electron chi connectivity index (χ4n) is 2.57. The first-order chi connectivity index (χ1) is 11.5. The van der Waals surface area contributed by atoms with Crippen molar-refractivity contribution in [1.82, 2.24) is 9.78 Å². The van der Waals surface area contributed by atoms with Crippen LogP contribution in [0.4, 0.5) is 0 Å². The third-order valence-corrected chi connectivity index (χ3v) is 4.62. The Balaban J connectivity index is 2.01. The molecule has 122 valence electrons. The zero-order valence-electron chi connectivity index (χ0n) is 13.4. The van der Waals surface area contributed by atoms with Crippen LogP contribution in [0.3, 0.4) is 0 Å². The zero-order chi connectivity index (χ0) is 17.3. The molecule has 0 aliphatic heterocycles. The molecule has 0 radical (unpaired) electrons. The number of nitrogens with zero attached hydrogens (tertiary/aromatic N) is 2. The minimum Gasteiger partial charge on any atom is -0.266 e. The van der Waals surface area contributed by atoms with Crippen LogP contribution in [0, 0.1) is 13.8 Å². The third kappa shape index (κ3) is 3.37. The van der Waals surface area contributed by atoms with Gasteiger partial charge in [-0.3, -0.25) is 4.79 Å². The van der Waals surface area contributed by atoms with Crippen molar-refractivity contribution in [2.24, 2.45) is 0 Å². The average molecular weight is 359 g/mol. The van der Waals surface area contributed by atoms with Crippen LogP contribution >= 0.6 is 23.2 Å². The Morgan fingerprint density at radius 2 is 1.83 bits per heavy atom. The van der Waals surface area contributed by atoms with Crippen molar-refractivity contribution in [1.29, 1.82) is 0 Å². The van der Waals surface area contributed by atoms with E-state index in [9.17, 15) is 4.79 Å². The molecule has 0 aliphatic rings. The van der Waals surface area contributed by atoms with Crippen LogP contribution in [-0.4, -0.2) is 9.78 Å². The van der Waals surface area contributed by atoms with Crippen molar-refractivity contribution in [2.75, 3.05) is 0 Å². The Bertz CT molecular complexity index is 964. The summed E-state index contributed by atoms with van der Waals surface area (Å²) in [6.07, 6.45) is 1.61. The summed E-state index contributed by atoms with van der Waals surface area (Å²) in [5, 5.41) is 5.08. The van der Waals surface area contributed by atoms with Gasteiger partial charge in [-0.05, 0) is 59.9 Å². The molecule has 0 saturated heterocycles. The zero-order valence-corrected chi connectivity index (χ0v) is 14.9. The Morgan fingerprint density at radius 3 is 2.58 bits per heavy atom. The maximum absolute atomic E-state index is 12.2. The smallest absolute Gasteiger partial charge is 0.266 e. The molecule has 3 aromatic rings. The van der Waals surface area contributed by atoms with Gasteiger partial charge in [0.2, 0.25) is 0 Å². The van der Waals surface area contributed by atoms with Gasteiger partial charge in [0.25, 0.3) is 5.56 Å². The number of aromatic nitrogens is 2. The maximum Gasteiger partial charge on any atom is 0.286 e. The summed E-state index contributed by atoms with van der Waals surface area (Å²) in [4.78, 5) is 12.2. The molecule has 2 aromatic carbocycles. The SMILES string of the molecule is Cc1ccc(Cn2ncc(C)c(Cl)c2=O)cc1-c1cccc(Cl)c1. The second-order valence-electron chi connectivity index (χ2n) is 5.76. The van der Waals surface area contributed by atoms with Crippen LogP contribution in [0.25, 0.3) is 11.1 Å². The number of aryl methyl sites for hydroxylation is 2. The normalized spacial score (nSPS) is 10.8. The van der Waals surface area contributed by atoms with E-state index in [2.05, 4.69) is 11.2 Å². The summed E-state index contributed by atoms with van der Waals surface area (Å²) in [5.74, 6) is 0. The summed E-state index contributed by atoms with van der Waals surface area (Å²) < 4.78 is 1.38. The fourth-order valence-corrected chi connectivity index (χ4v) is 2.90. The number of hydrogen-bond donors (Lipinski definition) is 0. The molecular formula is C19H16Cl2N2O. The maximum atomic E-state index is 12.2. The second kappa shape index (κ2) is 6.80. The van der Waals surface area contributed by atoms with Crippen molar-refractivity contribution in [3.8, 4) is 11.1 Å². The Labute approximate surface area is 150 Å². The van der Waals surface area contributed by atoms with Gasteiger partial charge in [-0.1, -0.05) is 47.5 Å². The first kappa shape index (κ1) is 16.7. The summed E-state index contributed by atoms with van der Waals surface area (Å²) in [6, 6.07) is 13.8. The lowest BCUT2D eigenvalue weighted by Gasteiger charge is -2.11. The van der Waals surface area contributed by atoms with Crippen LogP contribution in [0.2, 0.25) is 10.0 Å². The highest BCUT2D eigenvalue weighted by molar-refractivity contribution is 6.31. The Kier molecular flexibility index (Phi) is 4.74. The van der Waals surface area contributed by atoms with E-state index in [4.69, 9.17) is 23.2 Å². The van der Waals surface area contributed by atoms with Gasteiger partial charge in [0.1, 0.15) is 5.02 Å². The molecule has 1 aromatic heterocycles. The van der Waals surface area contributed by atoms with Crippen LogP contribution in [0.15, 0.2) is 53.5 Å². The highest BCUT2D eigenvalue weighted by atomic mass is 35.5. The summed E-state index contributed by atoms with van der Waals surface area (Å²) in [7, 11) is 0. The molecule has 3 rings (SSSR count). The highest BCUT2D eigenvalue weighted by Gasteiger charge is 2.09. The third-order valence-electron chi connectivity index (χ3n) is 3.93. The fraction of sp³-hybridized carbons (Fsp3) is 0.158. The largest absolute Gasteiger partial charge is 0.286 e. The van der Waals surface area contributed by atoms with Crippen molar-refractivity contribution in [3.05, 3.63) is 85.8 Å². The molecule has 0 fully saturated rings. The van der Waals surface area contributed by atoms with Crippen molar-refractivity contribution < 1.29 is 0 Å². The van der Waals surface area contributed by atoms with Crippen molar-refractivity contribution >= 4 is 23.2 Å². The molecule has 0 saturated carbocycles. The summed E-state index contributed by atoms with van der Waals surface area (Å²) >= 11 is 12.1. The molecular weight excluding hydrogens is 343 g/mol. The van der Waals surface area contributed by atoms with Gasteiger partial charge in [0.05, 0.1) is 12.7 Å². The van der Waals surface area contributed by atoms with Crippen LogP contribution in [0.1, 0.15) is 16.7 Å². The molecule has 0 atom stereocenters. The van der Waals surface area contributed by atoms with E-state index in [1.807, 2.05) is 43.3 Å². The minimum atomic E-state index is -0.276. The van der Waals surface area contributed by atoms with Crippen LogP contribution < -0.4 is 5.56 Å². The van der Waals surface area contributed by atoms with Crippen LogP contribution in [0.5, 0.6) is 0 Å². The number of rotatable bonds is 3. The molecule has 0 unspecified atom stereocenters. The van der Waals surface area contributed by atoms with Gasteiger partial charge in [0, 0.05) is 5.02 Å². The first-order valence-corrected chi connectivity index (χ1v) is 8.29. The molecule has 0 amide bonds. The van der Waals surface area contributed by atoms with E-state index in [1.54, 1.807) is 13.1 Å². The van der Waals surface area contributed by atoms with Crippen molar-refractivity contribution in [2.45, 2.75) is 20.4 Å². The lowest BCUT2D eigenvalue weighted by Crippen LogP contribution is -2.24. The predicted molar refractivity (Wildman–Crippen MR) is 99.0 cm³/mol. The molecule has 3 nitrogen and oxygen atoms in total. The quantitative estimate of drug-likeness (QED) is 0.668. The Hall–Kier alpha value is -2.10. The van der Waals surface area contributed by atoms with Gasteiger partial charge in [-0.25, -0.2) is 4.68 Å². The number of halogens is 2. The van der Waals surface area contributed by atoms with E-state index in [1.165, 1.54) is 4.68 Å². The van der Waals surface area contributed by atoms with Gasteiger partial charge >= 0.3 is 0 Å². The molecule has 0 bridgehead atoms. The highest BCUT2D eigenvalue weighted by Crippen LogP contribution is 2.27. The summed E-state index contributed by atoms with van der Waals surface area (Å²) in [5.41, 5.74) is 4.65. The van der Waals surface area contributed by atoms with Gasteiger partial charge < -0.3 is 0 Å². The van der Waals surface area contributed by atoms with Gasteiger partial charge in [-0.15, -0.1) is 0 Å².